The van der Waals surface area contributed by atoms with E-state index in [9.17, 15) is 9.59 Å². The van der Waals surface area contributed by atoms with Crippen LogP contribution < -0.4 is 10.1 Å². The molecule has 5 nitrogen and oxygen atoms in total. The standard InChI is InChI=1S/C27H38N2O3/c1-19(2)16-28-26(31)21(4)29(17-22-11-9-8-10-20(22)3)25(30)18-32-24-14-12-23(13-15-24)27(5,6)7/h8-15,19,21H,16-18H2,1-7H3,(H,28,31)/t21-/m0/s1. The van der Waals surface area contributed by atoms with Gasteiger partial charge in [0.05, 0.1) is 0 Å². The molecular formula is C27H38N2O3. The Morgan fingerprint density at radius 2 is 1.62 bits per heavy atom. The van der Waals surface area contributed by atoms with Crippen LogP contribution in [0.25, 0.3) is 0 Å². The summed E-state index contributed by atoms with van der Waals surface area (Å²) < 4.78 is 5.79. The molecule has 0 fully saturated rings. The molecule has 0 bridgehead atoms. The van der Waals surface area contributed by atoms with Crippen molar-refractivity contribution in [2.45, 2.75) is 66.5 Å². The lowest BCUT2D eigenvalue weighted by Gasteiger charge is -2.29. The van der Waals surface area contributed by atoms with Crippen molar-refractivity contribution in [2.24, 2.45) is 5.92 Å². The second kappa shape index (κ2) is 11.2. The van der Waals surface area contributed by atoms with Gasteiger partial charge in [-0.1, -0.05) is 71.0 Å². The average molecular weight is 439 g/mol. The SMILES string of the molecule is Cc1ccccc1CN(C(=O)COc1ccc(C(C)(C)C)cc1)[C@@H](C)C(=O)NCC(C)C. The van der Waals surface area contributed by atoms with Gasteiger partial charge >= 0.3 is 0 Å². The zero-order valence-corrected chi connectivity index (χ0v) is 20.6. The molecule has 1 N–H and O–H groups in total. The maximum Gasteiger partial charge on any atom is 0.261 e. The maximum absolute atomic E-state index is 13.2. The first-order chi connectivity index (χ1) is 15.0. The first kappa shape index (κ1) is 25.4. The van der Waals surface area contributed by atoms with Gasteiger partial charge in [0.1, 0.15) is 11.8 Å². The Kier molecular flexibility index (Phi) is 8.88. The highest BCUT2D eigenvalue weighted by Gasteiger charge is 2.27. The molecule has 5 heteroatoms. The fraction of sp³-hybridized carbons (Fsp3) is 0.481. The Bertz CT molecular complexity index is 898. The van der Waals surface area contributed by atoms with Crippen LogP contribution in [-0.2, 0) is 21.5 Å². The summed E-state index contributed by atoms with van der Waals surface area (Å²) >= 11 is 0. The van der Waals surface area contributed by atoms with Crippen LogP contribution in [0.3, 0.4) is 0 Å². The number of nitrogens with zero attached hydrogens (tertiary/aromatic N) is 1. The van der Waals surface area contributed by atoms with Gasteiger partial charge in [0, 0.05) is 13.1 Å². The number of carbonyl (C=O) groups is 2. The molecule has 174 valence electrons. The van der Waals surface area contributed by atoms with Gasteiger partial charge in [0.15, 0.2) is 6.61 Å². The van der Waals surface area contributed by atoms with Crippen molar-refractivity contribution < 1.29 is 14.3 Å². The number of rotatable bonds is 9. The van der Waals surface area contributed by atoms with Gasteiger partial charge in [-0.25, -0.2) is 0 Å². The summed E-state index contributed by atoms with van der Waals surface area (Å²) in [5, 5.41) is 2.94. The van der Waals surface area contributed by atoms with E-state index in [1.54, 1.807) is 11.8 Å². The van der Waals surface area contributed by atoms with Gasteiger partial charge < -0.3 is 15.0 Å². The molecule has 0 aliphatic heterocycles. The molecule has 0 spiro atoms. The number of hydrogen-bond acceptors (Lipinski definition) is 3. The zero-order chi connectivity index (χ0) is 23.9. The first-order valence-electron chi connectivity index (χ1n) is 11.3. The van der Waals surface area contributed by atoms with E-state index < -0.39 is 6.04 Å². The maximum atomic E-state index is 13.2. The highest BCUT2D eigenvalue weighted by atomic mass is 16.5. The highest BCUT2D eigenvalue weighted by Crippen LogP contribution is 2.24. The van der Waals surface area contributed by atoms with Gasteiger partial charge in [0.25, 0.3) is 5.91 Å². The Morgan fingerprint density at radius 3 is 2.19 bits per heavy atom. The minimum Gasteiger partial charge on any atom is -0.484 e. The van der Waals surface area contributed by atoms with E-state index in [2.05, 4.69) is 26.1 Å². The van der Waals surface area contributed by atoms with Crippen LogP contribution in [0.2, 0.25) is 0 Å². The second-order valence-electron chi connectivity index (χ2n) is 9.83. The quantitative estimate of drug-likeness (QED) is 0.608. The molecule has 2 rings (SSSR count). The Morgan fingerprint density at radius 1 is 1.00 bits per heavy atom. The van der Waals surface area contributed by atoms with Gasteiger partial charge in [-0.2, -0.15) is 0 Å². The van der Waals surface area contributed by atoms with Gasteiger partial charge in [-0.15, -0.1) is 0 Å². The normalized spacial score (nSPS) is 12.4. The molecule has 0 radical (unpaired) electrons. The summed E-state index contributed by atoms with van der Waals surface area (Å²) in [6, 6.07) is 15.1. The predicted octanol–water partition coefficient (Wildman–Crippen LogP) is 4.86. The first-order valence-corrected chi connectivity index (χ1v) is 11.3. The number of benzene rings is 2. The largest absolute Gasteiger partial charge is 0.484 e. The molecule has 0 aliphatic rings. The Balaban J connectivity index is 2.13. The third kappa shape index (κ3) is 7.40. The van der Waals surface area contributed by atoms with E-state index in [0.29, 0.717) is 24.8 Å². The molecule has 0 aromatic heterocycles. The van der Waals surface area contributed by atoms with Crippen molar-refractivity contribution >= 4 is 11.8 Å². The van der Waals surface area contributed by atoms with Crippen LogP contribution in [0.15, 0.2) is 48.5 Å². The van der Waals surface area contributed by atoms with Crippen molar-refractivity contribution in [3.8, 4) is 5.75 Å². The van der Waals surface area contributed by atoms with Crippen molar-refractivity contribution in [1.29, 1.82) is 0 Å². The van der Waals surface area contributed by atoms with Crippen LogP contribution in [-0.4, -0.2) is 35.9 Å². The molecule has 0 unspecified atom stereocenters. The third-order valence-corrected chi connectivity index (χ3v) is 5.54. The van der Waals surface area contributed by atoms with Crippen molar-refractivity contribution in [2.75, 3.05) is 13.2 Å². The molecule has 2 aromatic rings. The minimum atomic E-state index is -0.604. The lowest BCUT2D eigenvalue weighted by Crippen LogP contribution is -2.49. The number of hydrogen-bond donors (Lipinski definition) is 1. The van der Waals surface area contributed by atoms with E-state index >= 15 is 0 Å². The van der Waals surface area contributed by atoms with E-state index in [1.165, 1.54) is 5.56 Å². The van der Waals surface area contributed by atoms with E-state index in [4.69, 9.17) is 4.74 Å². The lowest BCUT2D eigenvalue weighted by molar-refractivity contribution is -0.142. The summed E-state index contributed by atoms with van der Waals surface area (Å²) in [6.45, 7) is 15.1. The zero-order valence-electron chi connectivity index (χ0n) is 20.6. The lowest BCUT2D eigenvalue weighted by atomic mass is 9.87. The fourth-order valence-corrected chi connectivity index (χ4v) is 3.29. The number of ether oxygens (including phenoxy) is 1. The minimum absolute atomic E-state index is 0.0530. The average Bonchev–Trinajstić information content (AvgIpc) is 2.74. The highest BCUT2D eigenvalue weighted by molar-refractivity contribution is 5.88. The Labute approximate surface area is 193 Å². The summed E-state index contributed by atoms with van der Waals surface area (Å²) in [5.74, 6) is 0.598. The number of carbonyl (C=O) groups excluding carboxylic acids is 2. The van der Waals surface area contributed by atoms with Crippen molar-refractivity contribution in [3.63, 3.8) is 0 Å². The summed E-state index contributed by atoms with van der Waals surface area (Å²) in [4.78, 5) is 27.5. The third-order valence-electron chi connectivity index (χ3n) is 5.54. The second-order valence-corrected chi connectivity index (χ2v) is 9.83. The Hall–Kier alpha value is -2.82. The number of amides is 2. The summed E-state index contributed by atoms with van der Waals surface area (Å²) in [6.07, 6.45) is 0. The molecular weight excluding hydrogens is 400 g/mol. The van der Waals surface area contributed by atoms with Crippen molar-refractivity contribution in [3.05, 3.63) is 65.2 Å². The topological polar surface area (TPSA) is 58.6 Å². The summed E-state index contributed by atoms with van der Waals surface area (Å²) in [7, 11) is 0. The monoisotopic (exact) mass is 438 g/mol. The number of nitrogens with one attached hydrogen (secondary N) is 1. The molecule has 0 saturated heterocycles. The molecule has 0 aliphatic carbocycles. The molecule has 1 atom stereocenters. The molecule has 0 heterocycles. The molecule has 32 heavy (non-hydrogen) atoms. The van der Waals surface area contributed by atoms with Gasteiger partial charge in [-0.3, -0.25) is 9.59 Å². The van der Waals surface area contributed by atoms with Crippen molar-refractivity contribution in [1.82, 2.24) is 10.2 Å². The van der Waals surface area contributed by atoms with E-state index in [1.807, 2.05) is 69.3 Å². The van der Waals surface area contributed by atoms with E-state index in [-0.39, 0.29) is 23.8 Å². The van der Waals surface area contributed by atoms with Crippen LogP contribution in [0.1, 0.15) is 58.2 Å². The fourth-order valence-electron chi connectivity index (χ4n) is 3.29. The molecule has 2 amide bonds. The smallest absolute Gasteiger partial charge is 0.261 e. The van der Waals surface area contributed by atoms with Crippen LogP contribution in [0.4, 0.5) is 0 Å². The van der Waals surface area contributed by atoms with Crippen LogP contribution >= 0.6 is 0 Å². The molecule has 0 saturated carbocycles. The molecule has 2 aromatic carbocycles. The van der Waals surface area contributed by atoms with E-state index in [0.717, 1.165) is 11.1 Å². The van der Waals surface area contributed by atoms with Gasteiger partial charge in [-0.05, 0) is 54.0 Å². The van der Waals surface area contributed by atoms with Crippen LogP contribution in [0, 0.1) is 12.8 Å². The summed E-state index contributed by atoms with van der Waals surface area (Å²) in [5.41, 5.74) is 3.35. The number of aryl methyl sites for hydroxylation is 1. The van der Waals surface area contributed by atoms with Gasteiger partial charge in [0.2, 0.25) is 5.91 Å². The van der Waals surface area contributed by atoms with Crippen LogP contribution in [0.5, 0.6) is 5.75 Å². The predicted molar refractivity (Wildman–Crippen MR) is 130 cm³/mol.